The summed E-state index contributed by atoms with van der Waals surface area (Å²) in [5.41, 5.74) is -0.975. The van der Waals surface area contributed by atoms with Crippen molar-refractivity contribution in [2.75, 3.05) is 5.32 Å². The van der Waals surface area contributed by atoms with Crippen molar-refractivity contribution in [3.05, 3.63) is 64.1 Å². The standard InChI is InChI=1S/C18H19F3N2O2/c1-17(2,3)12-6-8-13(9-7-12)22-15(24)11-23-10-4-5-14(16(23)25)18(19,20)21/h4-10H,11H2,1-3H3,(H,22,24). The predicted octanol–water partition coefficient (Wildman–Crippen LogP) is 3.80. The van der Waals surface area contributed by atoms with E-state index in [9.17, 15) is 22.8 Å². The van der Waals surface area contributed by atoms with Crippen LogP contribution >= 0.6 is 0 Å². The molecule has 0 unspecified atom stereocenters. The van der Waals surface area contributed by atoms with Gasteiger partial charge in [-0.05, 0) is 35.2 Å². The normalized spacial score (nSPS) is 12.1. The molecule has 0 saturated carbocycles. The lowest BCUT2D eigenvalue weighted by Crippen LogP contribution is -2.31. The van der Waals surface area contributed by atoms with Gasteiger partial charge in [0.1, 0.15) is 12.1 Å². The van der Waals surface area contributed by atoms with E-state index in [-0.39, 0.29) is 5.41 Å². The highest BCUT2D eigenvalue weighted by molar-refractivity contribution is 5.90. The van der Waals surface area contributed by atoms with Crippen molar-refractivity contribution in [3.63, 3.8) is 0 Å². The van der Waals surface area contributed by atoms with Crippen LogP contribution in [-0.4, -0.2) is 10.5 Å². The first kappa shape index (κ1) is 18.8. The summed E-state index contributed by atoms with van der Waals surface area (Å²) in [5, 5.41) is 2.57. The first-order chi connectivity index (χ1) is 11.5. The number of halogens is 3. The minimum absolute atomic E-state index is 0.0338. The van der Waals surface area contributed by atoms with Crippen LogP contribution in [0.25, 0.3) is 0 Å². The predicted molar refractivity (Wildman–Crippen MR) is 89.5 cm³/mol. The number of hydrogen-bond acceptors (Lipinski definition) is 2. The fourth-order valence-electron chi connectivity index (χ4n) is 2.29. The highest BCUT2D eigenvalue weighted by Gasteiger charge is 2.34. The molecule has 0 fully saturated rings. The molecule has 0 aliphatic carbocycles. The number of nitrogens with zero attached hydrogens (tertiary/aromatic N) is 1. The number of pyridine rings is 1. The quantitative estimate of drug-likeness (QED) is 0.913. The molecular formula is C18H19F3N2O2. The molecule has 0 aliphatic rings. The van der Waals surface area contributed by atoms with Gasteiger partial charge in [-0.1, -0.05) is 32.9 Å². The number of carbonyl (C=O) groups is 1. The number of benzene rings is 1. The van der Waals surface area contributed by atoms with E-state index < -0.39 is 29.8 Å². The van der Waals surface area contributed by atoms with E-state index in [0.29, 0.717) is 11.8 Å². The van der Waals surface area contributed by atoms with Gasteiger partial charge >= 0.3 is 6.18 Å². The lowest BCUT2D eigenvalue weighted by molar-refractivity contribution is -0.139. The van der Waals surface area contributed by atoms with Crippen LogP contribution in [0.4, 0.5) is 18.9 Å². The molecule has 0 aliphatic heterocycles. The Labute approximate surface area is 143 Å². The summed E-state index contributed by atoms with van der Waals surface area (Å²) in [7, 11) is 0. The molecule has 25 heavy (non-hydrogen) atoms. The van der Waals surface area contributed by atoms with Crippen LogP contribution in [0.2, 0.25) is 0 Å². The van der Waals surface area contributed by atoms with Crippen LogP contribution in [0.3, 0.4) is 0 Å². The Bertz CT molecular complexity index is 816. The highest BCUT2D eigenvalue weighted by atomic mass is 19.4. The van der Waals surface area contributed by atoms with Gasteiger partial charge in [-0.25, -0.2) is 0 Å². The molecule has 1 aromatic heterocycles. The maximum absolute atomic E-state index is 12.7. The number of carbonyl (C=O) groups excluding carboxylic acids is 1. The number of hydrogen-bond donors (Lipinski definition) is 1. The molecular weight excluding hydrogens is 333 g/mol. The summed E-state index contributed by atoms with van der Waals surface area (Å²) in [4.78, 5) is 23.8. The molecule has 2 rings (SSSR count). The molecule has 1 amide bonds. The van der Waals surface area contributed by atoms with Crippen molar-refractivity contribution < 1.29 is 18.0 Å². The van der Waals surface area contributed by atoms with Gasteiger partial charge in [-0.3, -0.25) is 9.59 Å². The van der Waals surface area contributed by atoms with E-state index in [1.807, 2.05) is 12.1 Å². The molecule has 0 saturated heterocycles. The Morgan fingerprint density at radius 2 is 1.68 bits per heavy atom. The fourth-order valence-corrected chi connectivity index (χ4v) is 2.29. The molecule has 4 nitrogen and oxygen atoms in total. The third-order valence-corrected chi connectivity index (χ3v) is 3.67. The molecule has 0 spiro atoms. The first-order valence-corrected chi connectivity index (χ1v) is 7.65. The second-order valence-corrected chi connectivity index (χ2v) is 6.73. The zero-order chi connectivity index (χ0) is 18.8. The molecule has 7 heteroatoms. The number of alkyl halides is 3. The van der Waals surface area contributed by atoms with Gasteiger partial charge in [-0.15, -0.1) is 0 Å². The monoisotopic (exact) mass is 352 g/mol. The second-order valence-electron chi connectivity index (χ2n) is 6.73. The van der Waals surface area contributed by atoms with Crippen molar-refractivity contribution >= 4 is 11.6 Å². The highest BCUT2D eigenvalue weighted by Crippen LogP contribution is 2.26. The van der Waals surface area contributed by atoms with E-state index in [1.165, 1.54) is 0 Å². The van der Waals surface area contributed by atoms with Crippen molar-refractivity contribution in [2.45, 2.75) is 38.9 Å². The van der Waals surface area contributed by atoms with Crippen LogP contribution in [0.5, 0.6) is 0 Å². The summed E-state index contributed by atoms with van der Waals surface area (Å²) < 4.78 is 38.9. The SMILES string of the molecule is CC(C)(C)c1ccc(NC(=O)Cn2cccc(C(F)(F)F)c2=O)cc1. The summed E-state index contributed by atoms with van der Waals surface area (Å²) in [6.45, 7) is 5.67. The number of rotatable bonds is 3. The topological polar surface area (TPSA) is 51.1 Å². The summed E-state index contributed by atoms with van der Waals surface area (Å²) in [5.74, 6) is -0.579. The summed E-state index contributed by atoms with van der Waals surface area (Å²) in [6.07, 6.45) is -3.60. The fraction of sp³-hybridized carbons (Fsp3) is 0.333. The number of anilines is 1. The van der Waals surface area contributed by atoms with Crippen molar-refractivity contribution in [1.29, 1.82) is 0 Å². The van der Waals surface area contributed by atoms with E-state index in [2.05, 4.69) is 26.1 Å². The minimum atomic E-state index is -4.75. The molecule has 0 atom stereocenters. The Hall–Kier alpha value is -2.57. The maximum atomic E-state index is 12.7. The number of aromatic nitrogens is 1. The van der Waals surface area contributed by atoms with E-state index in [4.69, 9.17) is 0 Å². The molecule has 0 bridgehead atoms. The molecule has 1 N–H and O–H groups in total. The third kappa shape index (κ3) is 4.71. The zero-order valence-corrected chi connectivity index (χ0v) is 14.1. The number of amides is 1. The van der Waals surface area contributed by atoms with Gasteiger partial charge in [0.15, 0.2) is 0 Å². The van der Waals surface area contributed by atoms with Crippen molar-refractivity contribution in [1.82, 2.24) is 4.57 Å². The maximum Gasteiger partial charge on any atom is 0.421 e. The average molecular weight is 352 g/mol. The van der Waals surface area contributed by atoms with Gasteiger partial charge < -0.3 is 9.88 Å². The first-order valence-electron chi connectivity index (χ1n) is 7.65. The largest absolute Gasteiger partial charge is 0.421 e. The van der Waals surface area contributed by atoms with Crippen molar-refractivity contribution in [2.24, 2.45) is 0 Å². The van der Waals surface area contributed by atoms with Crippen LogP contribution in [0.1, 0.15) is 31.9 Å². The van der Waals surface area contributed by atoms with Gasteiger partial charge in [0, 0.05) is 11.9 Å². The Balaban J connectivity index is 2.12. The van der Waals surface area contributed by atoms with Crippen LogP contribution in [-0.2, 0) is 22.9 Å². The van der Waals surface area contributed by atoms with Gasteiger partial charge in [-0.2, -0.15) is 13.2 Å². The summed E-state index contributed by atoms with van der Waals surface area (Å²) >= 11 is 0. The van der Waals surface area contributed by atoms with Crippen LogP contribution in [0.15, 0.2) is 47.4 Å². The molecule has 1 heterocycles. The van der Waals surface area contributed by atoms with Gasteiger partial charge in [0.05, 0.1) is 0 Å². The molecule has 134 valence electrons. The van der Waals surface area contributed by atoms with E-state index >= 15 is 0 Å². The van der Waals surface area contributed by atoms with Crippen LogP contribution < -0.4 is 10.9 Å². The molecule has 1 aromatic carbocycles. The lowest BCUT2D eigenvalue weighted by atomic mass is 9.87. The van der Waals surface area contributed by atoms with Gasteiger partial charge in [0.25, 0.3) is 5.56 Å². The van der Waals surface area contributed by atoms with E-state index in [0.717, 1.165) is 22.4 Å². The lowest BCUT2D eigenvalue weighted by Gasteiger charge is -2.19. The Kier molecular flexibility index (Phi) is 5.06. The number of nitrogens with one attached hydrogen (secondary N) is 1. The minimum Gasteiger partial charge on any atom is -0.325 e. The summed E-state index contributed by atoms with van der Waals surface area (Å²) in [6, 6.07) is 8.95. The van der Waals surface area contributed by atoms with Crippen LogP contribution in [0, 0.1) is 0 Å². The zero-order valence-electron chi connectivity index (χ0n) is 14.1. The smallest absolute Gasteiger partial charge is 0.325 e. The van der Waals surface area contributed by atoms with Crippen molar-refractivity contribution in [3.8, 4) is 0 Å². The average Bonchev–Trinajstić information content (AvgIpc) is 2.47. The Morgan fingerprint density at radius 1 is 1.08 bits per heavy atom. The molecule has 2 aromatic rings. The molecule has 0 radical (unpaired) electrons. The third-order valence-electron chi connectivity index (χ3n) is 3.67. The Morgan fingerprint density at radius 3 is 2.20 bits per heavy atom. The second kappa shape index (κ2) is 6.74. The van der Waals surface area contributed by atoms with Gasteiger partial charge in [0.2, 0.25) is 5.91 Å². The van der Waals surface area contributed by atoms with E-state index in [1.54, 1.807) is 12.1 Å².